The van der Waals surface area contributed by atoms with E-state index in [-0.39, 0.29) is 11.8 Å². The zero-order chi connectivity index (χ0) is 22.3. The van der Waals surface area contributed by atoms with E-state index < -0.39 is 0 Å². The van der Waals surface area contributed by atoms with Crippen LogP contribution < -0.4 is 0 Å². The van der Waals surface area contributed by atoms with Crippen LogP contribution in [-0.2, 0) is 22.6 Å². The maximum absolute atomic E-state index is 13.1. The number of amides is 2. The van der Waals surface area contributed by atoms with Gasteiger partial charge in [-0.25, -0.2) is 0 Å². The third kappa shape index (κ3) is 9.37. The molecule has 2 aromatic rings. The van der Waals surface area contributed by atoms with E-state index in [1.54, 1.807) is 0 Å². The highest BCUT2D eigenvalue weighted by molar-refractivity contribution is 5.79. The lowest BCUT2D eigenvalue weighted by Gasteiger charge is -2.26. The zero-order valence-electron chi connectivity index (χ0n) is 19.3. The summed E-state index contributed by atoms with van der Waals surface area (Å²) < 4.78 is 0. The molecule has 0 bridgehead atoms. The number of unbranched alkanes of at least 4 members (excludes halogenated alkanes) is 2. The molecule has 0 atom stereocenters. The van der Waals surface area contributed by atoms with E-state index in [0.717, 1.165) is 44.2 Å². The largest absolute Gasteiger partial charge is 0.342 e. The number of carbonyl (C=O) groups is 2. The summed E-state index contributed by atoms with van der Waals surface area (Å²) in [5.74, 6) is 0.296. The molecule has 2 amide bonds. The number of nitrogens with zero attached hydrogens (tertiary/aromatic N) is 2. The van der Waals surface area contributed by atoms with Gasteiger partial charge >= 0.3 is 0 Å². The van der Waals surface area contributed by atoms with Crippen molar-refractivity contribution < 1.29 is 9.59 Å². The smallest absolute Gasteiger partial charge is 0.224 e. The Morgan fingerprint density at radius 1 is 0.645 bits per heavy atom. The summed E-state index contributed by atoms with van der Waals surface area (Å²) in [6.45, 7) is 6.73. The van der Waals surface area contributed by atoms with E-state index in [9.17, 15) is 9.59 Å². The lowest BCUT2D eigenvalue weighted by molar-refractivity contribution is -0.134. The molecule has 4 nitrogen and oxygen atoms in total. The van der Waals surface area contributed by atoms with Crippen molar-refractivity contribution in [2.24, 2.45) is 0 Å². The fourth-order valence-corrected chi connectivity index (χ4v) is 3.71. The number of hydrogen-bond acceptors (Lipinski definition) is 2. The van der Waals surface area contributed by atoms with Crippen molar-refractivity contribution in [2.45, 2.75) is 65.3 Å². The molecule has 0 fully saturated rings. The minimum absolute atomic E-state index is 0.113. The summed E-state index contributed by atoms with van der Waals surface area (Å²) >= 11 is 0. The molecule has 0 unspecified atom stereocenters. The van der Waals surface area contributed by atoms with Gasteiger partial charge in [0.05, 0.1) is 0 Å². The van der Waals surface area contributed by atoms with Crippen LogP contribution in [0.15, 0.2) is 60.7 Å². The Kier molecular flexibility index (Phi) is 11.4. The summed E-state index contributed by atoms with van der Waals surface area (Å²) in [4.78, 5) is 29.6. The van der Waals surface area contributed by atoms with Crippen LogP contribution in [0.2, 0.25) is 0 Å². The van der Waals surface area contributed by atoms with Gasteiger partial charge in [-0.05, 0) is 30.4 Å². The van der Waals surface area contributed by atoms with Gasteiger partial charge in [0.2, 0.25) is 11.8 Å². The number of rotatable bonds is 14. The Bertz CT molecular complexity index is 761. The molecule has 0 aliphatic carbocycles. The molecule has 2 rings (SSSR count). The first kappa shape index (κ1) is 24.6. The lowest BCUT2D eigenvalue weighted by Crippen LogP contribution is -2.38. The molecular formula is C27H38N2O2. The Hall–Kier alpha value is -2.62. The van der Waals surface area contributed by atoms with E-state index in [0.29, 0.717) is 32.5 Å². The van der Waals surface area contributed by atoms with Gasteiger partial charge in [0.1, 0.15) is 0 Å². The van der Waals surface area contributed by atoms with Crippen molar-refractivity contribution in [3.63, 3.8) is 0 Å². The Morgan fingerprint density at radius 3 is 1.87 bits per heavy atom. The standard InChI is InChI=1S/C27H38N2O2/c1-3-5-8-17-26(30)28(20-4-2)22-19-27(31)29(23-25-15-11-7-12-16-25)21-18-24-13-9-6-10-14-24/h6-7,9-16H,3-5,8,17-23H2,1-2H3. The van der Waals surface area contributed by atoms with E-state index >= 15 is 0 Å². The summed E-state index contributed by atoms with van der Waals surface area (Å²) in [5, 5.41) is 0. The normalized spacial score (nSPS) is 10.6. The van der Waals surface area contributed by atoms with Crippen LogP contribution in [0.1, 0.15) is 63.5 Å². The fraction of sp³-hybridized carbons (Fsp3) is 0.481. The highest BCUT2D eigenvalue weighted by Gasteiger charge is 2.18. The minimum Gasteiger partial charge on any atom is -0.342 e. The zero-order valence-corrected chi connectivity index (χ0v) is 19.3. The van der Waals surface area contributed by atoms with Crippen LogP contribution in [0.3, 0.4) is 0 Å². The van der Waals surface area contributed by atoms with E-state index in [1.807, 2.05) is 46.2 Å². The summed E-state index contributed by atoms with van der Waals surface area (Å²) in [6.07, 6.45) is 5.82. The second kappa shape index (κ2) is 14.4. The average molecular weight is 423 g/mol. The molecule has 31 heavy (non-hydrogen) atoms. The first-order valence-electron chi connectivity index (χ1n) is 11.8. The first-order chi connectivity index (χ1) is 15.1. The van der Waals surface area contributed by atoms with Gasteiger partial charge < -0.3 is 9.80 Å². The van der Waals surface area contributed by atoms with Crippen molar-refractivity contribution in [3.05, 3.63) is 71.8 Å². The van der Waals surface area contributed by atoms with Crippen LogP contribution in [-0.4, -0.2) is 41.2 Å². The molecule has 0 spiro atoms. The van der Waals surface area contributed by atoms with E-state index in [1.165, 1.54) is 5.56 Å². The minimum atomic E-state index is 0.113. The van der Waals surface area contributed by atoms with Crippen molar-refractivity contribution in [3.8, 4) is 0 Å². The molecule has 168 valence electrons. The van der Waals surface area contributed by atoms with Crippen LogP contribution in [0.4, 0.5) is 0 Å². The third-order valence-electron chi connectivity index (χ3n) is 5.52. The predicted molar refractivity (Wildman–Crippen MR) is 128 cm³/mol. The highest BCUT2D eigenvalue weighted by atomic mass is 16.2. The second-order valence-corrected chi connectivity index (χ2v) is 8.12. The molecular weight excluding hydrogens is 384 g/mol. The third-order valence-corrected chi connectivity index (χ3v) is 5.52. The molecule has 4 heteroatoms. The molecule has 0 radical (unpaired) electrons. The lowest BCUT2D eigenvalue weighted by atomic mass is 10.1. The van der Waals surface area contributed by atoms with Crippen molar-refractivity contribution in [1.82, 2.24) is 9.80 Å². The van der Waals surface area contributed by atoms with E-state index in [2.05, 4.69) is 38.1 Å². The molecule has 0 saturated heterocycles. The monoisotopic (exact) mass is 422 g/mol. The Balaban J connectivity index is 1.98. The first-order valence-corrected chi connectivity index (χ1v) is 11.8. The van der Waals surface area contributed by atoms with Gasteiger partial charge in [-0.15, -0.1) is 0 Å². The maximum Gasteiger partial charge on any atom is 0.224 e. The van der Waals surface area contributed by atoms with Crippen LogP contribution in [0, 0.1) is 0 Å². The second-order valence-electron chi connectivity index (χ2n) is 8.12. The molecule has 0 aliphatic heterocycles. The van der Waals surface area contributed by atoms with Crippen LogP contribution >= 0.6 is 0 Å². The van der Waals surface area contributed by atoms with Gasteiger partial charge in [0.15, 0.2) is 0 Å². The molecule has 0 aliphatic rings. The molecule has 0 saturated carbocycles. The van der Waals surface area contributed by atoms with Gasteiger partial charge in [-0.3, -0.25) is 9.59 Å². The quantitative estimate of drug-likeness (QED) is 0.379. The van der Waals surface area contributed by atoms with Gasteiger partial charge in [-0.2, -0.15) is 0 Å². The van der Waals surface area contributed by atoms with Gasteiger partial charge in [0.25, 0.3) is 0 Å². The summed E-state index contributed by atoms with van der Waals surface area (Å²) in [5.41, 5.74) is 2.36. The van der Waals surface area contributed by atoms with Crippen molar-refractivity contribution in [1.29, 1.82) is 0 Å². The van der Waals surface area contributed by atoms with Crippen molar-refractivity contribution in [2.75, 3.05) is 19.6 Å². The molecule has 0 aromatic heterocycles. The van der Waals surface area contributed by atoms with Gasteiger partial charge in [-0.1, -0.05) is 87.4 Å². The predicted octanol–water partition coefficient (Wildman–Crippen LogP) is 5.47. The SMILES string of the molecule is CCCCCC(=O)N(CCC)CCC(=O)N(CCc1ccccc1)Cc1ccccc1. The number of hydrogen-bond donors (Lipinski definition) is 0. The summed E-state index contributed by atoms with van der Waals surface area (Å²) in [7, 11) is 0. The fourth-order valence-electron chi connectivity index (χ4n) is 3.71. The Labute approximate surface area is 188 Å². The summed E-state index contributed by atoms with van der Waals surface area (Å²) in [6, 6.07) is 20.4. The maximum atomic E-state index is 13.1. The van der Waals surface area contributed by atoms with Crippen LogP contribution in [0.25, 0.3) is 0 Å². The average Bonchev–Trinajstić information content (AvgIpc) is 2.80. The van der Waals surface area contributed by atoms with Crippen LogP contribution in [0.5, 0.6) is 0 Å². The van der Waals surface area contributed by atoms with Crippen molar-refractivity contribution >= 4 is 11.8 Å². The van der Waals surface area contributed by atoms with E-state index in [4.69, 9.17) is 0 Å². The molecule has 2 aromatic carbocycles. The molecule has 0 N–H and O–H groups in total. The number of carbonyl (C=O) groups excluding carboxylic acids is 2. The molecule has 0 heterocycles. The number of benzene rings is 2. The topological polar surface area (TPSA) is 40.6 Å². The Morgan fingerprint density at radius 2 is 1.26 bits per heavy atom. The van der Waals surface area contributed by atoms with Gasteiger partial charge in [0, 0.05) is 39.0 Å². The highest BCUT2D eigenvalue weighted by Crippen LogP contribution is 2.11.